The van der Waals surface area contributed by atoms with Gasteiger partial charge in [-0.05, 0) is 43.5 Å². The number of halogens is 1. The smallest absolute Gasteiger partial charge is 0.240 e. The molecule has 3 rings (SSSR count). The van der Waals surface area contributed by atoms with Gasteiger partial charge in [-0.15, -0.1) is 0 Å². The van der Waals surface area contributed by atoms with Crippen LogP contribution in [0.4, 0.5) is 15.8 Å². The molecule has 0 bridgehead atoms. The van der Waals surface area contributed by atoms with Crippen LogP contribution in [-0.4, -0.2) is 11.8 Å². The van der Waals surface area contributed by atoms with E-state index >= 15 is 0 Å². The number of nitrogens with one attached hydrogen (secondary N) is 2. The quantitative estimate of drug-likeness (QED) is 0.849. The Kier molecular flexibility index (Phi) is 3.86. The lowest BCUT2D eigenvalue weighted by atomic mass is 10.0. The van der Waals surface area contributed by atoms with Gasteiger partial charge in [-0.25, -0.2) is 4.39 Å². The molecule has 1 saturated carbocycles. The number of hydrogen-bond acceptors (Lipinski definition) is 2. The zero-order chi connectivity index (χ0) is 16.4. The van der Waals surface area contributed by atoms with E-state index in [0.717, 1.165) is 5.56 Å². The number of para-hydroxylation sites is 2. The molecule has 118 valence electrons. The third kappa shape index (κ3) is 2.95. The molecule has 1 aliphatic carbocycles. The van der Waals surface area contributed by atoms with Gasteiger partial charge in [-0.2, -0.15) is 0 Å². The van der Waals surface area contributed by atoms with E-state index in [2.05, 4.69) is 10.6 Å². The van der Waals surface area contributed by atoms with E-state index in [1.54, 1.807) is 18.2 Å². The van der Waals surface area contributed by atoms with Gasteiger partial charge in [-0.3, -0.25) is 9.59 Å². The van der Waals surface area contributed by atoms with Crippen molar-refractivity contribution in [2.75, 3.05) is 10.6 Å². The molecule has 0 spiro atoms. The van der Waals surface area contributed by atoms with Crippen molar-refractivity contribution in [3.8, 4) is 0 Å². The lowest BCUT2D eigenvalue weighted by molar-refractivity contribution is -0.131. The van der Waals surface area contributed by atoms with Crippen molar-refractivity contribution in [2.24, 2.45) is 5.41 Å². The molecule has 0 atom stereocenters. The van der Waals surface area contributed by atoms with Crippen molar-refractivity contribution >= 4 is 23.2 Å². The van der Waals surface area contributed by atoms with Gasteiger partial charge in [0.15, 0.2) is 0 Å². The number of hydrogen-bond donors (Lipinski definition) is 2. The average Bonchev–Trinajstić information content (AvgIpc) is 3.34. The highest BCUT2D eigenvalue weighted by molar-refractivity contribution is 6.17. The molecule has 1 fully saturated rings. The minimum Gasteiger partial charge on any atom is -0.325 e. The summed E-state index contributed by atoms with van der Waals surface area (Å²) in [6.45, 7) is 1.88. The Bertz CT molecular complexity index is 708. The summed E-state index contributed by atoms with van der Waals surface area (Å²) < 4.78 is 13.6. The van der Waals surface area contributed by atoms with E-state index in [-0.39, 0.29) is 11.6 Å². The summed E-state index contributed by atoms with van der Waals surface area (Å²) in [5.74, 6) is -1.33. The first-order chi connectivity index (χ1) is 11.0. The fraction of sp³-hybridized carbons (Fsp3) is 0.222. The summed E-state index contributed by atoms with van der Waals surface area (Å²) >= 11 is 0. The van der Waals surface area contributed by atoms with Crippen molar-refractivity contribution in [1.29, 1.82) is 0 Å². The highest BCUT2D eigenvalue weighted by Gasteiger charge is 2.56. The van der Waals surface area contributed by atoms with Gasteiger partial charge in [0, 0.05) is 5.69 Å². The second-order valence-corrected chi connectivity index (χ2v) is 5.79. The zero-order valence-electron chi connectivity index (χ0n) is 12.7. The molecule has 0 saturated heterocycles. The highest BCUT2D eigenvalue weighted by Crippen LogP contribution is 2.47. The van der Waals surface area contributed by atoms with Crippen molar-refractivity contribution in [2.45, 2.75) is 19.8 Å². The number of carbonyl (C=O) groups is 2. The van der Waals surface area contributed by atoms with Crippen molar-refractivity contribution in [1.82, 2.24) is 0 Å². The molecule has 0 unspecified atom stereocenters. The summed E-state index contributed by atoms with van der Waals surface area (Å²) in [4.78, 5) is 24.9. The number of aryl methyl sites for hydroxylation is 1. The maximum absolute atomic E-state index is 13.6. The second-order valence-electron chi connectivity index (χ2n) is 5.79. The third-order valence-electron chi connectivity index (χ3n) is 4.13. The number of anilines is 2. The van der Waals surface area contributed by atoms with Crippen molar-refractivity contribution in [3.63, 3.8) is 0 Å². The van der Waals surface area contributed by atoms with Crippen LogP contribution in [0, 0.1) is 18.2 Å². The molecule has 2 aromatic carbocycles. The van der Waals surface area contributed by atoms with Crippen LogP contribution in [-0.2, 0) is 9.59 Å². The molecule has 5 heteroatoms. The summed E-state index contributed by atoms with van der Waals surface area (Å²) in [6, 6.07) is 13.3. The zero-order valence-corrected chi connectivity index (χ0v) is 12.7. The van der Waals surface area contributed by atoms with Gasteiger partial charge < -0.3 is 10.6 Å². The molecule has 1 aliphatic rings. The Morgan fingerprint density at radius 3 is 2.00 bits per heavy atom. The fourth-order valence-electron chi connectivity index (χ4n) is 2.44. The Hall–Kier alpha value is -2.69. The summed E-state index contributed by atoms with van der Waals surface area (Å²) in [7, 11) is 0. The van der Waals surface area contributed by atoms with E-state index in [1.807, 2.05) is 25.1 Å². The third-order valence-corrected chi connectivity index (χ3v) is 4.13. The predicted octanol–water partition coefficient (Wildman–Crippen LogP) is 3.49. The highest BCUT2D eigenvalue weighted by atomic mass is 19.1. The maximum Gasteiger partial charge on any atom is 0.240 e. The van der Waals surface area contributed by atoms with Crippen LogP contribution < -0.4 is 10.6 Å². The first-order valence-electron chi connectivity index (χ1n) is 7.46. The van der Waals surface area contributed by atoms with Gasteiger partial charge in [0.05, 0.1) is 5.69 Å². The molecule has 0 aromatic heterocycles. The minimum atomic E-state index is -1.11. The SMILES string of the molecule is Cc1ccccc1NC(=O)C1(C(=O)Nc2ccccc2F)CC1. The molecule has 2 amide bonds. The Balaban J connectivity index is 1.74. The van der Waals surface area contributed by atoms with E-state index in [9.17, 15) is 14.0 Å². The summed E-state index contributed by atoms with van der Waals surface area (Å²) in [5.41, 5.74) is 0.589. The number of rotatable bonds is 4. The Morgan fingerprint density at radius 2 is 1.43 bits per heavy atom. The van der Waals surface area contributed by atoms with Gasteiger partial charge in [-0.1, -0.05) is 30.3 Å². The van der Waals surface area contributed by atoms with Crippen LogP contribution in [0.3, 0.4) is 0 Å². The van der Waals surface area contributed by atoms with E-state index in [0.29, 0.717) is 18.5 Å². The van der Waals surface area contributed by atoms with Gasteiger partial charge in [0.1, 0.15) is 11.2 Å². The van der Waals surface area contributed by atoms with Crippen LogP contribution >= 0.6 is 0 Å². The summed E-state index contributed by atoms with van der Waals surface area (Å²) in [5, 5.41) is 5.32. The normalized spacial score (nSPS) is 14.9. The van der Waals surface area contributed by atoms with Gasteiger partial charge in [0.2, 0.25) is 11.8 Å². The molecule has 23 heavy (non-hydrogen) atoms. The van der Waals surface area contributed by atoms with Crippen LogP contribution in [0.15, 0.2) is 48.5 Å². The monoisotopic (exact) mass is 312 g/mol. The molecule has 0 aliphatic heterocycles. The lowest BCUT2D eigenvalue weighted by Crippen LogP contribution is -2.36. The van der Waals surface area contributed by atoms with E-state index in [4.69, 9.17) is 0 Å². The first-order valence-corrected chi connectivity index (χ1v) is 7.46. The molecule has 2 aromatic rings. The molecular weight excluding hydrogens is 295 g/mol. The molecule has 0 radical (unpaired) electrons. The second kappa shape index (κ2) is 5.83. The minimum absolute atomic E-state index is 0.0902. The van der Waals surface area contributed by atoms with Crippen LogP contribution in [0.5, 0.6) is 0 Å². The number of amides is 2. The van der Waals surface area contributed by atoms with E-state index < -0.39 is 17.1 Å². The molecule has 4 nitrogen and oxygen atoms in total. The molecule has 0 heterocycles. The molecule has 2 N–H and O–H groups in total. The largest absolute Gasteiger partial charge is 0.325 e. The van der Waals surface area contributed by atoms with Crippen molar-refractivity contribution in [3.05, 3.63) is 59.9 Å². The maximum atomic E-state index is 13.6. The number of carbonyl (C=O) groups excluding carboxylic acids is 2. The average molecular weight is 312 g/mol. The van der Waals surface area contributed by atoms with Crippen molar-refractivity contribution < 1.29 is 14.0 Å². The standard InChI is InChI=1S/C18H17FN2O2/c1-12-6-2-4-8-14(12)20-16(22)18(10-11-18)17(23)21-15-9-5-3-7-13(15)19/h2-9H,10-11H2,1H3,(H,20,22)(H,21,23). The van der Waals surface area contributed by atoms with Crippen LogP contribution in [0.25, 0.3) is 0 Å². The van der Waals surface area contributed by atoms with Gasteiger partial charge in [0.25, 0.3) is 0 Å². The van der Waals surface area contributed by atoms with E-state index in [1.165, 1.54) is 12.1 Å². The Labute approximate surface area is 133 Å². The van der Waals surface area contributed by atoms with Gasteiger partial charge >= 0.3 is 0 Å². The van der Waals surface area contributed by atoms with Crippen LogP contribution in [0.1, 0.15) is 18.4 Å². The predicted molar refractivity (Wildman–Crippen MR) is 86.5 cm³/mol. The number of benzene rings is 2. The van der Waals surface area contributed by atoms with Crippen LogP contribution in [0.2, 0.25) is 0 Å². The fourth-order valence-corrected chi connectivity index (χ4v) is 2.44. The summed E-state index contributed by atoms with van der Waals surface area (Å²) in [6.07, 6.45) is 0.927. The topological polar surface area (TPSA) is 58.2 Å². The lowest BCUT2D eigenvalue weighted by Gasteiger charge is -2.16. The first kappa shape index (κ1) is 15.2. The Morgan fingerprint density at radius 1 is 0.913 bits per heavy atom. The molecular formula is C18H17FN2O2.